The number of nitrogens with zero attached hydrogens (tertiary/aromatic N) is 2. The Balaban J connectivity index is 1.96. The van der Waals surface area contributed by atoms with Gasteiger partial charge in [0.25, 0.3) is 0 Å². The molecule has 2 amide bonds. The number of carbonyl (C=O) groups excluding carboxylic acids is 1. The molecule has 0 bridgehead atoms. The number of urea groups is 1. The summed E-state index contributed by atoms with van der Waals surface area (Å²) in [4.78, 5) is 18.4. The van der Waals surface area contributed by atoms with E-state index in [1.54, 1.807) is 4.90 Å². The highest BCUT2D eigenvalue weighted by molar-refractivity contribution is 7.13. The van der Waals surface area contributed by atoms with E-state index >= 15 is 0 Å². The second-order valence-electron chi connectivity index (χ2n) is 5.67. The minimum absolute atomic E-state index is 0.00984. The van der Waals surface area contributed by atoms with Gasteiger partial charge in [-0.05, 0) is 6.42 Å². The van der Waals surface area contributed by atoms with Gasteiger partial charge in [-0.25, -0.2) is 9.78 Å². The maximum atomic E-state index is 12.1. The average Bonchev–Trinajstić information content (AvgIpc) is 2.63. The van der Waals surface area contributed by atoms with Gasteiger partial charge in [0, 0.05) is 30.5 Å². The van der Waals surface area contributed by atoms with Crippen molar-refractivity contribution in [3.63, 3.8) is 0 Å². The zero-order valence-electron chi connectivity index (χ0n) is 11.7. The zero-order valence-corrected chi connectivity index (χ0v) is 12.5. The molecule has 2 heterocycles. The van der Waals surface area contributed by atoms with Gasteiger partial charge in [0.2, 0.25) is 0 Å². The number of hydrogen-bond acceptors (Lipinski definition) is 4. The van der Waals surface area contributed by atoms with Crippen LogP contribution in [0.4, 0.5) is 9.93 Å². The summed E-state index contributed by atoms with van der Waals surface area (Å²) < 4.78 is 5.34. The van der Waals surface area contributed by atoms with Crippen LogP contribution in [0.1, 0.15) is 32.9 Å². The van der Waals surface area contributed by atoms with Crippen LogP contribution in [-0.2, 0) is 10.2 Å². The Bertz CT molecular complexity index is 431. The van der Waals surface area contributed by atoms with Crippen molar-refractivity contribution in [2.75, 3.05) is 31.6 Å². The smallest absolute Gasteiger partial charge is 0.323 e. The molecule has 0 aromatic carbocycles. The normalized spacial score (nSPS) is 17.1. The van der Waals surface area contributed by atoms with E-state index < -0.39 is 0 Å². The van der Waals surface area contributed by atoms with Crippen molar-refractivity contribution in [3.05, 3.63) is 11.1 Å². The molecule has 0 aliphatic carbocycles. The van der Waals surface area contributed by atoms with E-state index in [0.29, 0.717) is 18.3 Å². The Hall–Kier alpha value is -1.14. The van der Waals surface area contributed by atoms with Crippen LogP contribution in [0.15, 0.2) is 5.38 Å². The highest BCUT2D eigenvalue weighted by Crippen LogP contribution is 2.26. The van der Waals surface area contributed by atoms with Gasteiger partial charge in [-0.15, -0.1) is 11.3 Å². The maximum absolute atomic E-state index is 12.1. The summed E-state index contributed by atoms with van der Waals surface area (Å²) in [6.07, 6.45) is 0.887. The SMILES string of the molecule is CC(C)(C)c1csc(NC(=O)N2CCCOCC2)n1. The second-order valence-corrected chi connectivity index (χ2v) is 6.53. The van der Waals surface area contributed by atoms with Gasteiger partial charge in [0.15, 0.2) is 5.13 Å². The summed E-state index contributed by atoms with van der Waals surface area (Å²) in [5.41, 5.74) is 1.02. The Morgan fingerprint density at radius 1 is 1.42 bits per heavy atom. The third-order valence-corrected chi connectivity index (χ3v) is 3.75. The lowest BCUT2D eigenvalue weighted by molar-refractivity contribution is 0.144. The van der Waals surface area contributed by atoms with Crippen molar-refractivity contribution in [1.29, 1.82) is 0 Å². The van der Waals surface area contributed by atoms with Crippen LogP contribution in [0.3, 0.4) is 0 Å². The molecule has 5 nitrogen and oxygen atoms in total. The molecule has 0 atom stereocenters. The number of aromatic nitrogens is 1. The molecule has 0 radical (unpaired) electrons. The quantitative estimate of drug-likeness (QED) is 0.862. The van der Waals surface area contributed by atoms with Crippen molar-refractivity contribution in [1.82, 2.24) is 9.88 Å². The van der Waals surface area contributed by atoms with Crippen molar-refractivity contribution >= 4 is 22.5 Å². The first-order valence-corrected chi connectivity index (χ1v) is 7.44. The molecule has 1 aliphatic rings. The van der Waals surface area contributed by atoms with E-state index in [1.807, 2.05) is 5.38 Å². The molecule has 1 N–H and O–H groups in total. The highest BCUT2D eigenvalue weighted by Gasteiger charge is 2.20. The number of rotatable bonds is 1. The van der Waals surface area contributed by atoms with E-state index in [1.165, 1.54) is 11.3 Å². The summed E-state index contributed by atoms with van der Waals surface area (Å²) in [5.74, 6) is 0. The van der Waals surface area contributed by atoms with Crippen molar-refractivity contribution in [3.8, 4) is 0 Å². The van der Waals surface area contributed by atoms with E-state index in [2.05, 4.69) is 31.1 Å². The molecule has 2 rings (SSSR count). The fraction of sp³-hybridized carbons (Fsp3) is 0.692. The molecule has 0 saturated carbocycles. The van der Waals surface area contributed by atoms with Gasteiger partial charge in [-0.2, -0.15) is 0 Å². The van der Waals surface area contributed by atoms with E-state index in [-0.39, 0.29) is 11.4 Å². The minimum Gasteiger partial charge on any atom is -0.380 e. The molecule has 1 saturated heterocycles. The summed E-state index contributed by atoms with van der Waals surface area (Å²) in [6.45, 7) is 9.06. The van der Waals surface area contributed by atoms with Crippen LogP contribution in [0.2, 0.25) is 0 Å². The van der Waals surface area contributed by atoms with Crippen molar-refractivity contribution < 1.29 is 9.53 Å². The first-order chi connectivity index (χ1) is 8.97. The minimum atomic E-state index is -0.0830. The first kappa shape index (κ1) is 14.3. The molecule has 1 aromatic rings. The second kappa shape index (κ2) is 5.88. The lowest BCUT2D eigenvalue weighted by atomic mass is 9.93. The van der Waals surface area contributed by atoms with Crippen LogP contribution in [0, 0.1) is 0 Å². The molecular weight excluding hydrogens is 262 g/mol. The Labute approximate surface area is 118 Å². The average molecular weight is 283 g/mol. The number of carbonyl (C=O) groups is 1. The standard InChI is InChI=1S/C13H21N3O2S/c1-13(2,3)10-9-19-11(14-10)15-12(17)16-5-4-7-18-8-6-16/h9H,4-8H2,1-3H3,(H,14,15,17). The van der Waals surface area contributed by atoms with Crippen LogP contribution in [0.25, 0.3) is 0 Å². The number of anilines is 1. The molecule has 6 heteroatoms. The molecule has 19 heavy (non-hydrogen) atoms. The van der Waals surface area contributed by atoms with Gasteiger partial charge < -0.3 is 9.64 Å². The fourth-order valence-corrected chi connectivity index (χ4v) is 2.72. The molecule has 106 valence electrons. The molecule has 1 fully saturated rings. The van der Waals surface area contributed by atoms with Crippen molar-refractivity contribution in [2.24, 2.45) is 0 Å². The molecule has 1 aromatic heterocycles. The maximum Gasteiger partial charge on any atom is 0.323 e. The van der Waals surface area contributed by atoms with Gasteiger partial charge in [-0.1, -0.05) is 20.8 Å². The summed E-state index contributed by atoms with van der Waals surface area (Å²) in [6, 6.07) is -0.0830. The van der Waals surface area contributed by atoms with Crippen LogP contribution in [-0.4, -0.2) is 42.2 Å². The zero-order chi connectivity index (χ0) is 13.9. The van der Waals surface area contributed by atoms with Gasteiger partial charge in [0.05, 0.1) is 12.3 Å². The number of thiazole rings is 1. The predicted octanol–water partition coefficient (Wildman–Crippen LogP) is 2.69. The van der Waals surface area contributed by atoms with Crippen LogP contribution in [0.5, 0.6) is 0 Å². The Morgan fingerprint density at radius 3 is 2.89 bits per heavy atom. The lowest BCUT2D eigenvalue weighted by Crippen LogP contribution is -2.36. The van der Waals surface area contributed by atoms with E-state index in [4.69, 9.17) is 4.74 Å². The third-order valence-electron chi connectivity index (χ3n) is 3.00. The topological polar surface area (TPSA) is 54.5 Å². The third kappa shape index (κ3) is 3.91. The van der Waals surface area contributed by atoms with Gasteiger partial charge in [0.1, 0.15) is 0 Å². The summed E-state index contributed by atoms with van der Waals surface area (Å²) >= 11 is 1.47. The summed E-state index contributed by atoms with van der Waals surface area (Å²) in [7, 11) is 0. The molecule has 1 aliphatic heterocycles. The van der Waals surface area contributed by atoms with Crippen LogP contribution >= 0.6 is 11.3 Å². The first-order valence-electron chi connectivity index (χ1n) is 6.56. The molecule has 0 unspecified atom stereocenters. The van der Waals surface area contributed by atoms with Gasteiger partial charge >= 0.3 is 6.03 Å². The highest BCUT2D eigenvalue weighted by atomic mass is 32.1. The predicted molar refractivity (Wildman–Crippen MR) is 76.8 cm³/mol. The fourth-order valence-electron chi connectivity index (χ4n) is 1.80. The number of ether oxygens (including phenoxy) is 1. The Morgan fingerprint density at radius 2 is 2.21 bits per heavy atom. The molecular formula is C13H21N3O2S. The summed E-state index contributed by atoms with van der Waals surface area (Å²) in [5, 5.41) is 5.54. The van der Waals surface area contributed by atoms with Crippen molar-refractivity contribution in [2.45, 2.75) is 32.6 Å². The number of nitrogens with one attached hydrogen (secondary N) is 1. The van der Waals surface area contributed by atoms with Crippen LogP contribution < -0.4 is 5.32 Å². The van der Waals surface area contributed by atoms with E-state index in [9.17, 15) is 4.79 Å². The lowest BCUT2D eigenvalue weighted by Gasteiger charge is -2.19. The Kier molecular flexibility index (Phi) is 4.42. The van der Waals surface area contributed by atoms with E-state index in [0.717, 1.165) is 25.3 Å². The molecule has 0 spiro atoms. The number of hydrogen-bond donors (Lipinski definition) is 1. The monoisotopic (exact) mass is 283 g/mol. The largest absolute Gasteiger partial charge is 0.380 e. The van der Waals surface area contributed by atoms with Gasteiger partial charge in [-0.3, -0.25) is 5.32 Å². The number of amides is 2.